The molecule has 0 spiro atoms. The van der Waals surface area contributed by atoms with Crippen molar-refractivity contribution in [2.45, 2.75) is 46.1 Å². The Hall–Kier alpha value is -0.900. The van der Waals surface area contributed by atoms with E-state index in [9.17, 15) is 9.59 Å². The Bertz CT molecular complexity index is 271. The van der Waals surface area contributed by atoms with Gasteiger partial charge in [-0.3, -0.25) is 14.5 Å². The molecule has 1 amide bonds. The molecule has 98 valence electrons. The predicted octanol–water partition coefficient (Wildman–Crippen LogP) is 1.20. The normalized spacial score (nSPS) is 19.1. The minimum absolute atomic E-state index is 0.0270. The van der Waals surface area contributed by atoms with Gasteiger partial charge in [-0.25, -0.2) is 0 Å². The Morgan fingerprint density at radius 3 is 2.24 bits per heavy atom. The van der Waals surface area contributed by atoms with E-state index in [4.69, 9.17) is 0 Å². The van der Waals surface area contributed by atoms with Crippen molar-refractivity contribution in [1.29, 1.82) is 0 Å². The van der Waals surface area contributed by atoms with Crippen LogP contribution >= 0.6 is 0 Å². The van der Waals surface area contributed by atoms with Gasteiger partial charge >= 0.3 is 0 Å². The quantitative estimate of drug-likeness (QED) is 0.785. The molecule has 4 nitrogen and oxygen atoms in total. The van der Waals surface area contributed by atoms with E-state index in [1.54, 1.807) is 0 Å². The van der Waals surface area contributed by atoms with Gasteiger partial charge in [0.2, 0.25) is 5.91 Å². The Balaban J connectivity index is 2.38. The first kappa shape index (κ1) is 14.2. The fraction of sp³-hybridized carbons (Fsp3) is 0.846. The van der Waals surface area contributed by atoms with Crippen molar-refractivity contribution in [2.75, 3.05) is 19.6 Å². The number of piperidine rings is 1. The van der Waals surface area contributed by atoms with E-state index in [0.29, 0.717) is 6.54 Å². The molecule has 17 heavy (non-hydrogen) atoms. The van der Waals surface area contributed by atoms with Crippen molar-refractivity contribution in [2.24, 2.45) is 5.92 Å². The van der Waals surface area contributed by atoms with Gasteiger partial charge in [-0.2, -0.15) is 0 Å². The highest BCUT2D eigenvalue weighted by Gasteiger charge is 2.22. The Morgan fingerprint density at radius 2 is 1.76 bits per heavy atom. The van der Waals surface area contributed by atoms with Crippen molar-refractivity contribution < 1.29 is 9.59 Å². The third-order valence-electron chi connectivity index (χ3n) is 3.24. The molecular weight excluding hydrogens is 216 g/mol. The molecule has 1 N–H and O–H groups in total. The van der Waals surface area contributed by atoms with E-state index in [0.717, 1.165) is 13.1 Å². The third-order valence-corrected chi connectivity index (χ3v) is 3.24. The predicted molar refractivity (Wildman–Crippen MR) is 67.7 cm³/mol. The number of hydrogen-bond donors (Lipinski definition) is 1. The summed E-state index contributed by atoms with van der Waals surface area (Å²) >= 11 is 0. The Kier molecular flexibility index (Phi) is 5.62. The summed E-state index contributed by atoms with van der Waals surface area (Å²) in [6, 6.07) is -0.340. The number of nitrogens with one attached hydrogen (secondary N) is 1. The second-order valence-electron chi connectivity index (χ2n) is 5.24. The van der Waals surface area contributed by atoms with Crippen molar-refractivity contribution in [3.63, 3.8) is 0 Å². The summed E-state index contributed by atoms with van der Waals surface area (Å²) in [7, 11) is 0. The van der Waals surface area contributed by atoms with Crippen LogP contribution in [-0.2, 0) is 9.59 Å². The monoisotopic (exact) mass is 240 g/mol. The first-order valence-electron chi connectivity index (χ1n) is 6.53. The summed E-state index contributed by atoms with van der Waals surface area (Å²) in [6.45, 7) is 7.86. The van der Waals surface area contributed by atoms with Gasteiger partial charge in [0, 0.05) is 0 Å². The minimum atomic E-state index is -0.340. The maximum absolute atomic E-state index is 11.8. The highest BCUT2D eigenvalue weighted by Crippen LogP contribution is 2.08. The number of carbonyl (C=O) groups excluding carboxylic acids is 2. The fourth-order valence-corrected chi connectivity index (χ4v) is 2.28. The molecular formula is C13H24N2O2. The second kappa shape index (κ2) is 6.74. The summed E-state index contributed by atoms with van der Waals surface area (Å²) in [4.78, 5) is 25.4. The lowest BCUT2D eigenvalue weighted by molar-refractivity contribution is -0.128. The van der Waals surface area contributed by atoms with Gasteiger partial charge in [-0.05, 0) is 38.8 Å². The van der Waals surface area contributed by atoms with E-state index < -0.39 is 0 Å². The molecule has 1 atom stereocenters. The maximum atomic E-state index is 11.8. The Morgan fingerprint density at radius 1 is 1.18 bits per heavy atom. The second-order valence-corrected chi connectivity index (χ2v) is 5.24. The first-order chi connectivity index (χ1) is 8.00. The van der Waals surface area contributed by atoms with Crippen LogP contribution in [0, 0.1) is 5.92 Å². The molecule has 1 rings (SSSR count). The van der Waals surface area contributed by atoms with Crippen LogP contribution in [0.1, 0.15) is 40.0 Å². The molecule has 1 saturated heterocycles. The fourth-order valence-electron chi connectivity index (χ4n) is 2.28. The number of nitrogens with zero attached hydrogens (tertiary/aromatic N) is 1. The lowest BCUT2D eigenvalue weighted by atomic mass is 10.0. The van der Waals surface area contributed by atoms with E-state index in [1.165, 1.54) is 26.2 Å². The number of ketones is 1. The van der Waals surface area contributed by atoms with Gasteiger partial charge in [0.15, 0.2) is 5.78 Å². The van der Waals surface area contributed by atoms with Crippen LogP contribution < -0.4 is 5.32 Å². The van der Waals surface area contributed by atoms with Crippen LogP contribution in [0.5, 0.6) is 0 Å². The lowest BCUT2D eigenvalue weighted by Crippen LogP contribution is -2.48. The van der Waals surface area contributed by atoms with E-state index in [1.807, 2.05) is 13.8 Å². The molecule has 4 heteroatoms. The van der Waals surface area contributed by atoms with E-state index in [-0.39, 0.29) is 23.7 Å². The summed E-state index contributed by atoms with van der Waals surface area (Å²) in [5, 5.41) is 2.83. The summed E-state index contributed by atoms with van der Waals surface area (Å²) < 4.78 is 0. The van der Waals surface area contributed by atoms with Crippen LogP contribution in [0.25, 0.3) is 0 Å². The van der Waals surface area contributed by atoms with Crippen molar-refractivity contribution in [1.82, 2.24) is 10.2 Å². The summed E-state index contributed by atoms with van der Waals surface area (Å²) in [5.74, 6) is 0.158. The smallest absolute Gasteiger partial charge is 0.234 e. The van der Waals surface area contributed by atoms with Crippen molar-refractivity contribution in [3.05, 3.63) is 0 Å². The first-order valence-corrected chi connectivity index (χ1v) is 6.53. The zero-order valence-corrected chi connectivity index (χ0v) is 11.2. The van der Waals surface area contributed by atoms with E-state index in [2.05, 4.69) is 10.2 Å². The molecule has 0 saturated carbocycles. The van der Waals surface area contributed by atoms with Gasteiger partial charge in [-0.15, -0.1) is 0 Å². The summed E-state index contributed by atoms with van der Waals surface area (Å²) in [6.07, 6.45) is 3.61. The molecule has 1 unspecified atom stereocenters. The van der Waals surface area contributed by atoms with Gasteiger partial charge in [0.25, 0.3) is 0 Å². The van der Waals surface area contributed by atoms with Crippen LogP contribution in [-0.4, -0.2) is 42.3 Å². The maximum Gasteiger partial charge on any atom is 0.234 e. The average molecular weight is 240 g/mol. The summed E-state index contributed by atoms with van der Waals surface area (Å²) in [5.41, 5.74) is 0. The van der Waals surface area contributed by atoms with Crippen LogP contribution in [0.4, 0.5) is 0 Å². The highest BCUT2D eigenvalue weighted by molar-refractivity contribution is 5.88. The largest absolute Gasteiger partial charge is 0.345 e. The number of rotatable bonds is 5. The third kappa shape index (κ3) is 4.86. The minimum Gasteiger partial charge on any atom is -0.345 e. The van der Waals surface area contributed by atoms with Gasteiger partial charge < -0.3 is 5.32 Å². The average Bonchev–Trinajstić information content (AvgIpc) is 2.26. The topological polar surface area (TPSA) is 49.4 Å². The van der Waals surface area contributed by atoms with Gasteiger partial charge in [-0.1, -0.05) is 20.3 Å². The molecule has 1 aliphatic heterocycles. The molecule has 1 heterocycles. The molecule has 0 radical (unpaired) electrons. The van der Waals surface area contributed by atoms with Crippen molar-refractivity contribution >= 4 is 11.7 Å². The van der Waals surface area contributed by atoms with Gasteiger partial charge in [0.05, 0.1) is 12.6 Å². The molecule has 0 aliphatic carbocycles. The molecule has 0 aromatic heterocycles. The molecule has 0 aromatic rings. The number of likely N-dealkylation sites (tertiary alicyclic amines) is 1. The molecule has 0 bridgehead atoms. The zero-order chi connectivity index (χ0) is 12.8. The zero-order valence-electron chi connectivity index (χ0n) is 11.2. The standard InChI is InChI=1S/C13H24N2O2/c1-10(2)13(11(3)16)14-12(17)9-15-7-5-4-6-8-15/h10,13H,4-9H2,1-3H3,(H,14,17). The number of Topliss-reactive ketones (excluding diaryl/α,β-unsaturated/α-hetero) is 1. The van der Waals surface area contributed by atoms with E-state index >= 15 is 0 Å². The SMILES string of the molecule is CC(=O)C(NC(=O)CN1CCCCC1)C(C)C. The van der Waals surface area contributed by atoms with Crippen LogP contribution in [0.15, 0.2) is 0 Å². The van der Waals surface area contributed by atoms with Crippen LogP contribution in [0.2, 0.25) is 0 Å². The Labute approximate surface area is 104 Å². The molecule has 1 fully saturated rings. The number of carbonyl (C=O) groups is 2. The number of hydrogen-bond acceptors (Lipinski definition) is 3. The number of amides is 1. The van der Waals surface area contributed by atoms with Crippen molar-refractivity contribution in [3.8, 4) is 0 Å². The lowest BCUT2D eigenvalue weighted by Gasteiger charge is -2.27. The van der Waals surface area contributed by atoms with Gasteiger partial charge in [0.1, 0.15) is 0 Å². The molecule has 1 aliphatic rings. The highest BCUT2D eigenvalue weighted by atomic mass is 16.2. The molecule has 0 aromatic carbocycles. The van der Waals surface area contributed by atoms with Crippen LogP contribution in [0.3, 0.4) is 0 Å².